The first kappa shape index (κ1) is 17.9. The van der Waals surface area contributed by atoms with Crippen molar-refractivity contribution < 1.29 is 14.3 Å². The van der Waals surface area contributed by atoms with Crippen molar-refractivity contribution in [3.05, 3.63) is 35.7 Å². The van der Waals surface area contributed by atoms with Gasteiger partial charge >= 0.3 is 6.01 Å². The zero-order valence-corrected chi connectivity index (χ0v) is 15.5. The van der Waals surface area contributed by atoms with Crippen LogP contribution in [0.5, 0.6) is 11.9 Å². The second-order valence-corrected chi connectivity index (χ2v) is 6.28. The summed E-state index contributed by atoms with van der Waals surface area (Å²) in [7, 11) is 6.85. The van der Waals surface area contributed by atoms with Gasteiger partial charge in [0.2, 0.25) is 5.88 Å². The number of rotatable bonds is 5. The minimum Gasteiger partial charge on any atom is -0.481 e. The Labute approximate surface area is 152 Å². The molecule has 1 fully saturated rings. The molecular weight excluding hydrogens is 334 g/mol. The molecule has 8 heteroatoms. The summed E-state index contributed by atoms with van der Waals surface area (Å²) in [5.74, 6) is 1.01. The molecule has 0 bridgehead atoms. The van der Waals surface area contributed by atoms with Crippen molar-refractivity contribution in [1.29, 1.82) is 0 Å². The van der Waals surface area contributed by atoms with Crippen LogP contribution in [0, 0.1) is 0 Å². The molecule has 2 aromatic heterocycles. The first-order valence-electron chi connectivity index (χ1n) is 8.44. The van der Waals surface area contributed by atoms with Crippen LogP contribution in [-0.2, 0) is 0 Å². The minimum atomic E-state index is -0.158. The van der Waals surface area contributed by atoms with Gasteiger partial charge in [0, 0.05) is 32.9 Å². The Morgan fingerprint density at radius 1 is 1.23 bits per heavy atom. The van der Waals surface area contributed by atoms with Gasteiger partial charge in [-0.1, -0.05) is 0 Å². The predicted octanol–water partition coefficient (Wildman–Crippen LogP) is 1.93. The average Bonchev–Trinajstić information content (AvgIpc) is 3.16. The highest BCUT2D eigenvalue weighted by Gasteiger charge is 2.32. The molecule has 26 heavy (non-hydrogen) atoms. The van der Waals surface area contributed by atoms with Crippen LogP contribution >= 0.6 is 0 Å². The summed E-state index contributed by atoms with van der Waals surface area (Å²) in [5.41, 5.74) is 1.34. The zero-order valence-electron chi connectivity index (χ0n) is 15.5. The maximum Gasteiger partial charge on any atom is 0.320 e. The Bertz CT molecular complexity index is 774. The Kier molecular flexibility index (Phi) is 5.20. The molecule has 0 saturated carbocycles. The van der Waals surface area contributed by atoms with E-state index in [4.69, 9.17) is 9.47 Å². The lowest BCUT2D eigenvalue weighted by atomic mass is 10.1. The van der Waals surface area contributed by atoms with Gasteiger partial charge < -0.3 is 19.3 Å². The van der Waals surface area contributed by atoms with Crippen LogP contribution in [0.1, 0.15) is 34.9 Å². The third-order valence-corrected chi connectivity index (χ3v) is 4.42. The van der Waals surface area contributed by atoms with Gasteiger partial charge in [-0.05, 0) is 30.5 Å². The van der Waals surface area contributed by atoms with Crippen LogP contribution in [-0.4, -0.2) is 60.6 Å². The van der Waals surface area contributed by atoms with Crippen LogP contribution in [0.2, 0.25) is 0 Å². The summed E-state index contributed by atoms with van der Waals surface area (Å²) in [4.78, 5) is 29.5. The molecule has 2 aromatic rings. The number of carbonyl (C=O) groups is 1. The minimum absolute atomic E-state index is 0.00356. The molecule has 3 rings (SSSR count). The smallest absolute Gasteiger partial charge is 0.320 e. The number of pyridine rings is 1. The maximum absolute atomic E-state index is 13.1. The maximum atomic E-state index is 13.1. The lowest BCUT2D eigenvalue weighted by Gasteiger charge is -2.25. The Hall–Kier alpha value is -2.90. The Morgan fingerprint density at radius 2 is 2.04 bits per heavy atom. The first-order valence-corrected chi connectivity index (χ1v) is 8.44. The summed E-state index contributed by atoms with van der Waals surface area (Å²) in [6, 6.07) is 5.64. The number of amides is 1. The zero-order chi connectivity index (χ0) is 18.7. The van der Waals surface area contributed by atoms with Gasteiger partial charge in [0.25, 0.3) is 5.91 Å². The van der Waals surface area contributed by atoms with Gasteiger partial charge in [-0.25, -0.2) is 4.98 Å². The molecule has 0 aliphatic carbocycles. The largest absolute Gasteiger partial charge is 0.481 e. The fraction of sp³-hybridized carbons (Fsp3) is 0.444. The van der Waals surface area contributed by atoms with Gasteiger partial charge in [-0.3, -0.25) is 4.79 Å². The third-order valence-electron chi connectivity index (χ3n) is 4.42. The SMILES string of the molecule is COc1cc(C(=O)N2CCC[C@H]2c2ccnc(N(C)C)c2)nc(OC)n1. The van der Waals surface area contributed by atoms with Crippen molar-refractivity contribution in [1.82, 2.24) is 19.9 Å². The van der Waals surface area contributed by atoms with Crippen molar-refractivity contribution in [2.75, 3.05) is 39.8 Å². The van der Waals surface area contributed by atoms with E-state index in [0.717, 1.165) is 24.2 Å². The van der Waals surface area contributed by atoms with E-state index < -0.39 is 0 Å². The summed E-state index contributed by atoms with van der Waals surface area (Å²) in [5, 5.41) is 0. The molecule has 0 N–H and O–H groups in total. The number of aromatic nitrogens is 3. The second-order valence-electron chi connectivity index (χ2n) is 6.28. The third kappa shape index (κ3) is 3.54. The molecule has 8 nitrogen and oxygen atoms in total. The number of hydrogen-bond donors (Lipinski definition) is 0. The molecule has 1 atom stereocenters. The van der Waals surface area contributed by atoms with E-state index in [1.54, 1.807) is 6.20 Å². The van der Waals surface area contributed by atoms with Crippen molar-refractivity contribution in [3.63, 3.8) is 0 Å². The van der Waals surface area contributed by atoms with E-state index in [-0.39, 0.29) is 23.7 Å². The highest BCUT2D eigenvalue weighted by molar-refractivity contribution is 5.93. The molecule has 1 amide bonds. The van der Waals surface area contributed by atoms with Gasteiger partial charge in [0.15, 0.2) is 0 Å². The quantitative estimate of drug-likeness (QED) is 0.809. The first-order chi connectivity index (χ1) is 12.5. The Balaban J connectivity index is 1.90. The molecule has 3 heterocycles. The molecule has 0 radical (unpaired) electrons. The average molecular weight is 357 g/mol. The monoisotopic (exact) mass is 357 g/mol. The summed E-state index contributed by atoms with van der Waals surface area (Å²) >= 11 is 0. The van der Waals surface area contributed by atoms with Crippen molar-refractivity contribution >= 4 is 11.7 Å². The summed E-state index contributed by atoms with van der Waals surface area (Å²) < 4.78 is 10.2. The molecule has 1 aliphatic heterocycles. The van der Waals surface area contributed by atoms with Crippen molar-refractivity contribution in [3.8, 4) is 11.9 Å². The number of likely N-dealkylation sites (tertiary alicyclic amines) is 1. The number of anilines is 1. The number of ether oxygens (including phenoxy) is 2. The fourth-order valence-corrected chi connectivity index (χ4v) is 3.10. The van der Waals surface area contributed by atoms with E-state index in [9.17, 15) is 4.79 Å². The highest BCUT2D eigenvalue weighted by atomic mass is 16.5. The van der Waals surface area contributed by atoms with Crippen molar-refractivity contribution in [2.24, 2.45) is 0 Å². The van der Waals surface area contributed by atoms with E-state index >= 15 is 0 Å². The van der Waals surface area contributed by atoms with E-state index in [0.29, 0.717) is 12.4 Å². The van der Waals surface area contributed by atoms with Gasteiger partial charge in [0.1, 0.15) is 11.5 Å². The molecule has 1 aliphatic rings. The summed E-state index contributed by atoms with van der Waals surface area (Å²) in [6.07, 6.45) is 3.62. The number of nitrogens with zero attached hydrogens (tertiary/aromatic N) is 5. The lowest BCUT2D eigenvalue weighted by molar-refractivity contribution is 0.0727. The van der Waals surface area contributed by atoms with E-state index in [1.807, 2.05) is 36.0 Å². The topological polar surface area (TPSA) is 80.7 Å². The number of methoxy groups -OCH3 is 2. The van der Waals surface area contributed by atoms with Crippen LogP contribution in [0.4, 0.5) is 5.82 Å². The molecule has 1 saturated heterocycles. The van der Waals surface area contributed by atoms with Gasteiger partial charge in [-0.2, -0.15) is 9.97 Å². The van der Waals surface area contributed by atoms with Gasteiger partial charge in [0.05, 0.1) is 20.3 Å². The van der Waals surface area contributed by atoms with Crippen LogP contribution in [0.25, 0.3) is 0 Å². The van der Waals surface area contributed by atoms with E-state index in [1.165, 1.54) is 20.3 Å². The highest BCUT2D eigenvalue weighted by Crippen LogP contribution is 2.34. The second kappa shape index (κ2) is 7.55. The normalized spacial score (nSPS) is 16.5. The van der Waals surface area contributed by atoms with E-state index in [2.05, 4.69) is 15.0 Å². The Morgan fingerprint density at radius 3 is 2.73 bits per heavy atom. The number of carbonyl (C=O) groups excluding carboxylic acids is 1. The van der Waals surface area contributed by atoms with Crippen LogP contribution < -0.4 is 14.4 Å². The predicted molar refractivity (Wildman–Crippen MR) is 96.7 cm³/mol. The lowest BCUT2D eigenvalue weighted by Crippen LogP contribution is -2.31. The number of hydrogen-bond acceptors (Lipinski definition) is 7. The van der Waals surface area contributed by atoms with Gasteiger partial charge in [-0.15, -0.1) is 0 Å². The van der Waals surface area contributed by atoms with Crippen LogP contribution in [0.15, 0.2) is 24.4 Å². The molecular formula is C18H23N5O3. The molecule has 0 unspecified atom stereocenters. The molecule has 0 spiro atoms. The molecule has 0 aromatic carbocycles. The van der Waals surface area contributed by atoms with Crippen molar-refractivity contribution in [2.45, 2.75) is 18.9 Å². The summed E-state index contributed by atoms with van der Waals surface area (Å²) in [6.45, 7) is 0.678. The standard InChI is InChI=1S/C18H23N5O3/c1-22(2)15-10-12(7-8-19-15)14-6-5-9-23(14)17(24)13-11-16(25-3)21-18(20-13)26-4/h7-8,10-11,14H,5-6,9H2,1-4H3/t14-/m0/s1. The fourth-order valence-electron chi connectivity index (χ4n) is 3.10. The molecule has 138 valence electrons. The van der Waals surface area contributed by atoms with Crippen LogP contribution in [0.3, 0.4) is 0 Å².